The Morgan fingerprint density at radius 1 is 1.09 bits per heavy atom. The highest BCUT2D eigenvalue weighted by Gasteiger charge is 2.16. The molecule has 0 aliphatic carbocycles. The van der Waals surface area contributed by atoms with Crippen molar-refractivity contribution in [3.8, 4) is 11.5 Å². The van der Waals surface area contributed by atoms with E-state index in [9.17, 15) is 9.59 Å². The number of nitrogens with two attached hydrogens (primary N) is 1. The fourth-order valence-electron chi connectivity index (χ4n) is 2.73. The van der Waals surface area contributed by atoms with E-state index >= 15 is 0 Å². The van der Waals surface area contributed by atoms with Crippen LogP contribution in [0.2, 0.25) is 0 Å². The second-order valence-electron chi connectivity index (χ2n) is 8.16. The number of furan rings is 1. The number of amides is 2. The number of nitrogens with zero attached hydrogens (tertiary/aromatic N) is 3. The van der Waals surface area contributed by atoms with Gasteiger partial charge in [0.1, 0.15) is 23.8 Å². The first-order valence-corrected chi connectivity index (χ1v) is 9.98. The molecule has 0 aliphatic heterocycles. The average molecular weight is 438 g/mol. The van der Waals surface area contributed by atoms with Crippen molar-refractivity contribution in [1.82, 2.24) is 25.6 Å². The highest BCUT2D eigenvalue weighted by Crippen LogP contribution is 2.21. The second kappa shape index (κ2) is 9.46. The van der Waals surface area contributed by atoms with E-state index < -0.39 is 17.5 Å². The molecule has 0 bridgehead atoms. The molecule has 0 unspecified atom stereocenters. The van der Waals surface area contributed by atoms with Gasteiger partial charge in [-0.2, -0.15) is 0 Å². The summed E-state index contributed by atoms with van der Waals surface area (Å²) in [6.07, 6.45) is -0.526. The van der Waals surface area contributed by atoms with E-state index in [-0.39, 0.29) is 24.8 Å². The SMILES string of the molecule is Cc1ccc(-c2cc(C(=O)NCc3cccc(COC(=O)NC(C)(C)C)n3)nc(N)n2)o1. The fraction of sp³-hybridized carbons (Fsp3) is 0.318. The first-order valence-electron chi connectivity index (χ1n) is 9.98. The average Bonchev–Trinajstić information content (AvgIpc) is 3.15. The molecule has 3 heterocycles. The number of hydrogen-bond acceptors (Lipinski definition) is 8. The molecule has 3 aromatic rings. The maximum absolute atomic E-state index is 12.6. The van der Waals surface area contributed by atoms with E-state index in [1.54, 1.807) is 30.3 Å². The molecule has 0 spiro atoms. The fourth-order valence-corrected chi connectivity index (χ4v) is 2.73. The summed E-state index contributed by atoms with van der Waals surface area (Å²) in [6.45, 7) is 7.56. The van der Waals surface area contributed by atoms with Crippen LogP contribution in [0.3, 0.4) is 0 Å². The minimum absolute atomic E-state index is 0.0120. The van der Waals surface area contributed by atoms with Gasteiger partial charge in [0, 0.05) is 5.54 Å². The molecule has 2 amide bonds. The Morgan fingerprint density at radius 3 is 2.53 bits per heavy atom. The number of pyridine rings is 1. The first-order chi connectivity index (χ1) is 15.1. The van der Waals surface area contributed by atoms with Gasteiger partial charge in [-0.3, -0.25) is 9.78 Å². The van der Waals surface area contributed by atoms with Gasteiger partial charge in [-0.05, 0) is 58.0 Å². The number of alkyl carbamates (subject to hydrolysis) is 1. The predicted octanol–water partition coefficient (Wildman–Crippen LogP) is 2.98. The predicted molar refractivity (Wildman–Crippen MR) is 117 cm³/mol. The van der Waals surface area contributed by atoms with E-state index in [4.69, 9.17) is 14.9 Å². The number of aromatic nitrogens is 3. The lowest BCUT2D eigenvalue weighted by Crippen LogP contribution is -2.40. The number of aryl methyl sites for hydroxylation is 1. The molecule has 0 saturated carbocycles. The third-order valence-electron chi connectivity index (χ3n) is 4.09. The maximum atomic E-state index is 12.6. The van der Waals surface area contributed by atoms with Gasteiger partial charge >= 0.3 is 6.09 Å². The molecule has 0 aromatic carbocycles. The number of nitrogens with one attached hydrogen (secondary N) is 2. The van der Waals surface area contributed by atoms with E-state index in [0.717, 1.165) is 0 Å². The molecule has 10 heteroatoms. The third-order valence-corrected chi connectivity index (χ3v) is 4.09. The van der Waals surface area contributed by atoms with Crippen molar-refractivity contribution in [3.05, 3.63) is 59.2 Å². The smallest absolute Gasteiger partial charge is 0.407 e. The highest BCUT2D eigenvalue weighted by molar-refractivity contribution is 5.93. The van der Waals surface area contributed by atoms with Crippen LogP contribution in [0, 0.1) is 6.92 Å². The summed E-state index contributed by atoms with van der Waals surface area (Å²) in [5.74, 6) is 0.744. The third kappa shape index (κ3) is 6.53. The second-order valence-corrected chi connectivity index (χ2v) is 8.16. The van der Waals surface area contributed by atoms with Crippen LogP contribution in [0.15, 0.2) is 40.8 Å². The number of rotatable bonds is 6. The largest absolute Gasteiger partial charge is 0.460 e. The molecular formula is C22H26N6O4. The van der Waals surface area contributed by atoms with Gasteiger partial charge in [-0.25, -0.2) is 14.8 Å². The molecule has 4 N–H and O–H groups in total. The van der Waals surface area contributed by atoms with Gasteiger partial charge in [-0.1, -0.05) is 6.07 Å². The molecule has 0 radical (unpaired) electrons. The lowest BCUT2D eigenvalue weighted by Gasteiger charge is -2.19. The summed E-state index contributed by atoms with van der Waals surface area (Å²) in [5, 5.41) is 5.46. The van der Waals surface area contributed by atoms with E-state index in [1.165, 1.54) is 6.07 Å². The van der Waals surface area contributed by atoms with Crippen LogP contribution in [0.4, 0.5) is 10.7 Å². The molecule has 3 rings (SSSR count). The molecule has 0 fully saturated rings. The van der Waals surface area contributed by atoms with Crippen molar-refractivity contribution >= 4 is 17.9 Å². The number of hydrogen-bond donors (Lipinski definition) is 3. The van der Waals surface area contributed by atoms with Crippen LogP contribution in [-0.2, 0) is 17.9 Å². The van der Waals surface area contributed by atoms with Gasteiger partial charge in [0.25, 0.3) is 5.91 Å². The maximum Gasteiger partial charge on any atom is 0.407 e. The van der Waals surface area contributed by atoms with Crippen LogP contribution >= 0.6 is 0 Å². The van der Waals surface area contributed by atoms with Gasteiger partial charge in [-0.15, -0.1) is 0 Å². The summed E-state index contributed by atoms with van der Waals surface area (Å²) >= 11 is 0. The quantitative estimate of drug-likeness (QED) is 0.532. The molecule has 32 heavy (non-hydrogen) atoms. The summed E-state index contributed by atoms with van der Waals surface area (Å²) in [6, 6.07) is 10.3. The van der Waals surface area contributed by atoms with Gasteiger partial charge in [0.05, 0.1) is 17.9 Å². The van der Waals surface area contributed by atoms with Crippen LogP contribution in [0.5, 0.6) is 0 Å². The van der Waals surface area contributed by atoms with Crippen LogP contribution in [0.25, 0.3) is 11.5 Å². The Bertz CT molecular complexity index is 1120. The summed E-state index contributed by atoms with van der Waals surface area (Å²) < 4.78 is 10.7. The van der Waals surface area contributed by atoms with Crippen molar-refractivity contribution in [2.45, 2.75) is 46.4 Å². The van der Waals surface area contributed by atoms with Crippen molar-refractivity contribution in [2.24, 2.45) is 0 Å². The topological polar surface area (TPSA) is 145 Å². The number of nitrogen functional groups attached to an aromatic ring is 1. The number of carbonyl (C=O) groups is 2. The summed E-state index contributed by atoms with van der Waals surface area (Å²) in [7, 11) is 0. The van der Waals surface area contributed by atoms with E-state index in [1.807, 2.05) is 27.7 Å². The number of carbonyl (C=O) groups excluding carboxylic acids is 2. The lowest BCUT2D eigenvalue weighted by atomic mass is 10.1. The Hall–Kier alpha value is -3.95. The summed E-state index contributed by atoms with van der Waals surface area (Å²) in [5.41, 5.74) is 7.05. The van der Waals surface area contributed by atoms with Crippen molar-refractivity contribution in [3.63, 3.8) is 0 Å². The minimum Gasteiger partial charge on any atom is -0.460 e. The van der Waals surface area contributed by atoms with Crippen molar-refractivity contribution < 1.29 is 18.7 Å². The zero-order valence-electron chi connectivity index (χ0n) is 18.4. The molecule has 3 aromatic heterocycles. The van der Waals surface area contributed by atoms with Gasteiger partial charge in [0.15, 0.2) is 5.76 Å². The standard InChI is InChI=1S/C22H26N6O4/c1-13-8-9-18(32-13)16-10-17(27-20(23)26-16)19(29)24-11-14-6-5-7-15(25-14)12-31-21(30)28-22(2,3)4/h5-10H,11-12H2,1-4H3,(H,24,29)(H,28,30)(H2,23,26,27). The van der Waals surface area contributed by atoms with Gasteiger partial charge in [0.2, 0.25) is 5.95 Å². The van der Waals surface area contributed by atoms with Crippen molar-refractivity contribution in [1.29, 1.82) is 0 Å². The zero-order valence-corrected chi connectivity index (χ0v) is 18.4. The normalized spacial score (nSPS) is 11.1. The van der Waals surface area contributed by atoms with Crippen LogP contribution in [-0.4, -0.2) is 32.5 Å². The lowest BCUT2D eigenvalue weighted by molar-refractivity contribution is 0.0945. The highest BCUT2D eigenvalue weighted by atomic mass is 16.5. The van der Waals surface area contributed by atoms with Crippen molar-refractivity contribution in [2.75, 3.05) is 5.73 Å². The van der Waals surface area contributed by atoms with Crippen LogP contribution in [0.1, 0.15) is 48.4 Å². The Balaban J connectivity index is 1.61. The molecule has 0 atom stereocenters. The molecule has 168 valence electrons. The molecule has 0 aliphatic rings. The summed E-state index contributed by atoms with van der Waals surface area (Å²) in [4.78, 5) is 36.9. The minimum atomic E-state index is -0.526. The zero-order chi connectivity index (χ0) is 23.3. The van der Waals surface area contributed by atoms with E-state index in [0.29, 0.717) is 28.6 Å². The van der Waals surface area contributed by atoms with Gasteiger partial charge < -0.3 is 25.5 Å². The molecule has 10 nitrogen and oxygen atoms in total. The Kier molecular flexibility index (Phi) is 6.72. The monoisotopic (exact) mass is 438 g/mol. The number of ether oxygens (including phenoxy) is 1. The first kappa shape index (κ1) is 22.7. The molecular weight excluding hydrogens is 412 g/mol. The Labute approximate surface area is 185 Å². The Morgan fingerprint density at radius 2 is 1.84 bits per heavy atom. The molecule has 0 saturated heterocycles. The van der Waals surface area contributed by atoms with E-state index in [2.05, 4.69) is 25.6 Å². The van der Waals surface area contributed by atoms with Crippen LogP contribution < -0.4 is 16.4 Å². The number of anilines is 1.